The van der Waals surface area contributed by atoms with Gasteiger partial charge in [-0.2, -0.15) is 0 Å². The van der Waals surface area contributed by atoms with Gasteiger partial charge in [-0.3, -0.25) is 0 Å². The van der Waals surface area contributed by atoms with Crippen LogP contribution in [0.1, 0.15) is 47.8 Å². The molecule has 4 nitrogen and oxygen atoms in total. The molecule has 9 rings (SSSR count). The molecular weight excluding hydrogens is 560 g/mol. The Balaban J connectivity index is 1.16. The number of nitrogens with one attached hydrogen (secondary N) is 1. The molecule has 1 unspecified atom stereocenters. The number of hydrogen-bond donors (Lipinski definition) is 1. The third-order valence-corrected chi connectivity index (χ3v) is 9.66. The number of aromatic nitrogens is 1. The van der Waals surface area contributed by atoms with Gasteiger partial charge in [0.25, 0.3) is 0 Å². The largest absolute Gasteiger partial charge is 0.324 e. The average molecular weight is 593 g/mol. The molecule has 1 aromatic heterocycles. The molecule has 0 amide bonds. The van der Waals surface area contributed by atoms with Gasteiger partial charge >= 0.3 is 0 Å². The van der Waals surface area contributed by atoms with Crippen molar-refractivity contribution >= 4 is 33.5 Å². The SMILES string of the molecule is CC1(C)c2ccccc2-c2cc3c(cc21)c1ccccc1n3-c1ccc(C2=NC(c3ccccc3)N=C(c3ccccc3)N2)cc1. The smallest absolute Gasteiger partial charge is 0.169 e. The molecule has 1 atom stereocenters. The van der Waals surface area contributed by atoms with Gasteiger partial charge in [0.15, 0.2) is 6.17 Å². The fourth-order valence-electron chi connectivity index (χ4n) is 7.32. The monoisotopic (exact) mass is 592 g/mol. The summed E-state index contributed by atoms with van der Waals surface area (Å²) in [7, 11) is 0. The van der Waals surface area contributed by atoms with E-state index >= 15 is 0 Å². The molecule has 7 aromatic rings. The van der Waals surface area contributed by atoms with Gasteiger partial charge in [-0.25, -0.2) is 9.98 Å². The first kappa shape index (κ1) is 26.6. The molecule has 4 heteroatoms. The van der Waals surface area contributed by atoms with Crippen LogP contribution in [0.3, 0.4) is 0 Å². The van der Waals surface area contributed by atoms with Crippen molar-refractivity contribution in [1.82, 2.24) is 9.88 Å². The summed E-state index contributed by atoms with van der Waals surface area (Å²) < 4.78 is 2.41. The maximum Gasteiger partial charge on any atom is 0.169 e. The molecule has 6 aromatic carbocycles. The van der Waals surface area contributed by atoms with Gasteiger partial charge in [0.1, 0.15) is 11.7 Å². The predicted molar refractivity (Wildman–Crippen MR) is 190 cm³/mol. The zero-order valence-corrected chi connectivity index (χ0v) is 25.8. The first-order valence-corrected chi connectivity index (χ1v) is 15.9. The molecule has 0 bridgehead atoms. The molecule has 1 aliphatic heterocycles. The molecule has 1 N–H and O–H groups in total. The summed E-state index contributed by atoms with van der Waals surface area (Å²) in [4.78, 5) is 10.1. The van der Waals surface area contributed by atoms with E-state index in [4.69, 9.17) is 9.98 Å². The quantitative estimate of drug-likeness (QED) is 0.217. The van der Waals surface area contributed by atoms with Crippen LogP contribution in [-0.2, 0) is 5.41 Å². The lowest BCUT2D eigenvalue weighted by Crippen LogP contribution is -2.36. The second-order valence-corrected chi connectivity index (χ2v) is 12.7. The van der Waals surface area contributed by atoms with E-state index in [1.165, 1.54) is 44.1 Å². The van der Waals surface area contributed by atoms with Gasteiger partial charge in [-0.1, -0.05) is 117 Å². The number of rotatable bonds is 4. The van der Waals surface area contributed by atoms with Crippen LogP contribution in [0.25, 0.3) is 38.6 Å². The lowest BCUT2D eigenvalue weighted by atomic mass is 9.82. The number of nitrogens with zero attached hydrogens (tertiary/aromatic N) is 3. The van der Waals surface area contributed by atoms with E-state index in [-0.39, 0.29) is 11.6 Å². The Hall–Kier alpha value is -5.74. The van der Waals surface area contributed by atoms with Crippen molar-refractivity contribution in [2.45, 2.75) is 25.4 Å². The van der Waals surface area contributed by atoms with Crippen LogP contribution in [0, 0.1) is 0 Å². The van der Waals surface area contributed by atoms with Gasteiger partial charge in [0, 0.05) is 33.0 Å². The molecule has 0 fully saturated rings. The molecular formula is C42H32N4. The lowest BCUT2D eigenvalue weighted by molar-refractivity contribution is 0.661. The highest BCUT2D eigenvalue weighted by molar-refractivity contribution is 6.16. The minimum atomic E-state index is -0.320. The zero-order valence-electron chi connectivity index (χ0n) is 25.8. The van der Waals surface area contributed by atoms with Crippen molar-refractivity contribution in [3.05, 3.63) is 173 Å². The lowest BCUT2D eigenvalue weighted by Gasteiger charge is -2.22. The van der Waals surface area contributed by atoms with E-state index in [9.17, 15) is 0 Å². The fraction of sp³-hybridized carbons (Fsp3) is 0.0952. The fourth-order valence-corrected chi connectivity index (χ4v) is 7.32. The predicted octanol–water partition coefficient (Wildman–Crippen LogP) is 9.59. The second kappa shape index (κ2) is 10.1. The summed E-state index contributed by atoms with van der Waals surface area (Å²) in [5.41, 5.74) is 12.1. The number of hydrogen-bond acceptors (Lipinski definition) is 3. The van der Waals surface area contributed by atoms with E-state index in [0.717, 1.165) is 34.0 Å². The number of amidine groups is 2. The molecule has 220 valence electrons. The van der Waals surface area contributed by atoms with Crippen molar-refractivity contribution in [2.24, 2.45) is 9.98 Å². The maximum absolute atomic E-state index is 5.08. The highest BCUT2D eigenvalue weighted by Crippen LogP contribution is 2.50. The standard InChI is InChI=1S/C42H32N4/c1-42(2)35-19-11-9-17-31(35)33-26-38-34(25-36(33)42)32-18-10-12-20-37(32)46(38)30-23-21-29(22-24-30)41-44-39(27-13-5-3-6-14-27)43-40(45-41)28-15-7-4-8-16-28/h3-26,39H,1-2H3,(H,43,44,45). The topological polar surface area (TPSA) is 41.7 Å². The average Bonchev–Trinajstić information content (AvgIpc) is 3.56. The zero-order chi connectivity index (χ0) is 30.8. The van der Waals surface area contributed by atoms with Gasteiger partial charge in [-0.05, 0) is 70.3 Å². The molecule has 2 heterocycles. The Morgan fingerprint density at radius 3 is 1.93 bits per heavy atom. The Bertz CT molecular complexity index is 2340. The Morgan fingerprint density at radius 1 is 0.543 bits per heavy atom. The first-order valence-electron chi connectivity index (χ1n) is 15.9. The molecule has 1 aliphatic carbocycles. The molecule has 0 saturated heterocycles. The van der Waals surface area contributed by atoms with Crippen LogP contribution < -0.4 is 5.32 Å². The van der Waals surface area contributed by atoms with Crippen LogP contribution in [0.5, 0.6) is 0 Å². The minimum absolute atomic E-state index is 0.0434. The summed E-state index contributed by atoms with van der Waals surface area (Å²) in [5.74, 6) is 1.64. The number of benzene rings is 6. The molecule has 0 saturated carbocycles. The highest BCUT2D eigenvalue weighted by Gasteiger charge is 2.36. The van der Waals surface area contributed by atoms with Gasteiger partial charge in [0.2, 0.25) is 0 Å². The van der Waals surface area contributed by atoms with E-state index in [2.05, 4.69) is 133 Å². The third kappa shape index (κ3) is 4.07. The molecule has 2 aliphatic rings. The highest BCUT2D eigenvalue weighted by atomic mass is 15.2. The minimum Gasteiger partial charge on any atom is -0.324 e. The summed E-state index contributed by atoms with van der Waals surface area (Å²) in [5, 5.41) is 6.09. The van der Waals surface area contributed by atoms with E-state index in [1.54, 1.807) is 0 Å². The number of aliphatic imine (C=N–C) groups is 2. The van der Waals surface area contributed by atoms with Crippen LogP contribution in [0.4, 0.5) is 0 Å². The van der Waals surface area contributed by atoms with Crippen molar-refractivity contribution in [3.8, 4) is 16.8 Å². The summed E-state index contributed by atoms with van der Waals surface area (Å²) >= 11 is 0. The van der Waals surface area contributed by atoms with Crippen LogP contribution in [0.15, 0.2) is 156 Å². The van der Waals surface area contributed by atoms with Crippen molar-refractivity contribution < 1.29 is 0 Å². The Kier molecular flexibility index (Phi) is 5.88. The van der Waals surface area contributed by atoms with Crippen LogP contribution in [-0.4, -0.2) is 16.2 Å². The number of para-hydroxylation sites is 1. The normalized spacial score (nSPS) is 16.4. The van der Waals surface area contributed by atoms with Gasteiger partial charge < -0.3 is 9.88 Å². The first-order chi connectivity index (χ1) is 22.6. The summed E-state index contributed by atoms with van der Waals surface area (Å²) in [6, 6.07) is 51.8. The maximum atomic E-state index is 5.08. The van der Waals surface area contributed by atoms with Crippen molar-refractivity contribution in [1.29, 1.82) is 0 Å². The van der Waals surface area contributed by atoms with Gasteiger partial charge in [0.05, 0.1) is 11.0 Å². The van der Waals surface area contributed by atoms with E-state index < -0.39 is 0 Å². The van der Waals surface area contributed by atoms with Crippen molar-refractivity contribution in [2.75, 3.05) is 0 Å². The molecule has 0 radical (unpaired) electrons. The van der Waals surface area contributed by atoms with Crippen LogP contribution >= 0.6 is 0 Å². The molecule has 46 heavy (non-hydrogen) atoms. The summed E-state index contributed by atoms with van der Waals surface area (Å²) in [6.07, 6.45) is -0.320. The summed E-state index contributed by atoms with van der Waals surface area (Å²) in [6.45, 7) is 4.69. The second-order valence-electron chi connectivity index (χ2n) is 12.7. The number of fused-ring (bicyclic) bond motifs is 6. The van der Waals surface area contributed by atoms with Gasteiger partial charge in [-0.15, -0.1) is 0 Å². The Morgan fingerprint density at radius 2 is 1.17 bits per heavy atom. The van der Waals surface area contributed by atoms with E-state index in [1.807, 2.05) is 36.4 Å². The Labute approximate surface area is 268 Å². The van der Waals surface area contributed by atoms with Crippen molar-refractivity contribution in [3.63, 3.8) is 0 Å². The van der Waals surface area contributed by atoms with Crippen LogP contribution in [0.2, 0.25) is 0 Å². The third-order valence-electron chi connectivity index (χ3n) is 9.66. The van der Waals surface area contributed by atoms with E-state index in [0.29, 0.717) is 0 Å². The molecule has 0 spiro atoms.